The topological polar surface area (TPSA) is 42.2 Å². The molecular weight excluding hydrogens is 354 g/mol. The average molecular weight is 365 g/mol. The van der Waals surface area contributed by atoms with E-state index in [-0.39, 0.29) is 11.7 Å². The molecule has 1 amide bonds. The number of carbonyl (C=O) groups excluding carboxylic acids is 1. The van der Waals surface area contributed by atoms with Gasteiger partial charge in [0.15, 0.2) is 5.76 Å². The molecular formula is C16H11BrClNO2. The molecule has 1 N–H and O–H groups in total. The van der Waals surface area contributed by atoms with E-state index in [0.29, 0.717) is 16.3 Å². The van der Waals surface area contributed by atoms with Crippen molar-refractivity contribution in [1.29, 1.82) is 0 Å². The van der Waals surface area contributed by atoms with Gasteiger partial charge in [0.25, 0.3) is 5.91 Å². The highest BCUT2D eigenvalue weighted by Gasteiger charge is 2.14. The van der Waals surface area contributed by atoms with Gasteiger partial charge in [-0.2, -0.15) is 0 Å². The number of hydrogen-bond donors (Lipinski definition) is 1. The summed E-state index contributed by atoms with van der Waals surface area (Å²) in [7, 11) is 0. The van der Waals surface area contributed by atoms with E-state index in [0.717, 1.165) is 15.4 Å². The SMILES string of the molecule is Cc1c(Cl)cccc1NC(=O)c1cc2ccc(Br)cc2o1. The van der Waals surface area contributed by atoms with Crippen LogP contribution in [0, 0.1) is 6.92 Å². The van der Waals surface area contributed by atoms with Crippen molar-refractivity contribution in [1.82, 2.24) is 0 Å². The molecule has 3 rings (SSSR count). The van der Waals surface area contributed by atoms with E-state index >= 15 is 0 Å². The Labute approximate surface area is 135 Å². The Morgan fingerprint density at radius 2 is 2.05 bits per heavy atom. The zero-order valence-electron chi connectivity index (χ0n) is 11.1. The van der Waals surface area contributed by atoms with Gasteiger partial charge in [-0.25, -0.2) is 0 Å². The fraction of sp³-hybridized carbons (Fsp3) is 0.0625. The van der Waals surface area contributed by atoms with E-state index in [1.54, 1.807) is 24.3 Å². The lowest BCUT2D eigenvalue weighted by Gasteiger charge is -2.07. The van der Waals surface area contributed by atoms with E-state index in [9.17, 15) is 4.79 Å². The minimum Gasteiger partial charge on any atom is -0.451 e. The van der Waals surface area contributed by atoms with Crippen LogP contribution in [-0.4, -0.2) is 5.91 Å². The summed E-state index contributed by atoms with van der Waals surface area (Å²) in [6, 6.07) is 12.7. The van der Waals surface area contributed by atoms with E-state index in [1.165, 1.54) is 0 Å². The van der Waals surface area contributed by atoms with Gasteiger partial charge in [-0.1, -0.05) is 33.6 Å². The van der Waals surface area contributed by atoms with Gasteiger partial charge in [-0.05, 0) is 48.9 Å². The summed E-state index contributed by atoms with van der Waals surface area (Å²) in [5.74, 6) is -0.0323. The Morgan fingerprint density at radius 3 is 2.86 bits per heavy atom. The number of nitrogens with one attached hydrogen (secondary N) is 1. The largest absolute Gasteiger partial charge is 0.451 e. The smallest absolute Gasteiger partial charge is 0.291 e. The molecule has 0 atom stereocenters. The predicted molar refractivity (Wildman–Crippen MR) is 88.1 cm³/mol. The summed E-state index contributed by atoms with van der Waals surface area (Å²) < 4.78 is 6.48. The van der Waals surface area contributed by atoms with Crippen LogP contribution < -0.4 is 5.32 Å². The summed E-state index contributed by atoms with van der Waals surface area (Å²) in [6.45, 7) is 1.85. The summed E-state index contributed by atoms with van der Waals surface area (Å²) in [5, 5.41) is 4.31. The van der Waals surface area contributed by atoms with Crippen LogP contribution in [-0.2, 0) is 0 Å². The van der Waals surface area contributed by atoms with Crippen molar-refractivity contribution in [3.8, 4) is 0 Å². The monoisotopic (exact) mass is 363 g/mol. The van der Waals surface area contributed by atoms with Crippen molar-refractivity contribution in [3.63, 3.8) is 0 Å². The maximum Gasteiger partial charge on any atom is 0.291 e. The van der Waals surface area contributed by atoms with Crippen LogP contribution in [0.4, 0.5) is 5.69 Å². The van der Waals surface area contributed by atoms with Gasteiger partial charge < -0.3 is 9.73 Å². The number of amides is 1. The first-order valence-electron chi connectivity index (χ1n) is 6.30. The number of anilines is 1. The van der Waals surface area contributed by atoms with Gasteiger partial charge in [0.1, 0.15) is 5.58 Å². The summed E-state index contributed by atoms with van der Waals surface area (Å²) in [5.41, 5.74) is 2.16. The molecule has 0 aliphatic rings. The third-order valence-corrected chi connectivity index (χ3v) is 4.12. The molecule has 3 aromatic rings. The molecule has 3 nitrogen and oxygen atoms in total. The Morgan fingerprint density at radius 1 is 1.24 bits per heavy atom. The highest BCUT2D eigenvalue weighted by Crippen LogP contribution is 2.26. The molecule has 1 heterocycles. The van der Waals surface area contributed by atoms with E-state index in [2.05, 4.69) is 21.2 Å². The highest BCUT2D eigenvalue weighted by molar-refractivity contribution is 9.10. The molecule has 0 bridgehead atoms. The van der Waals surface area contributed by atoms with Crippen LogP contribution >= 0.6 is 27.5 Å². The molecule has 21 heavy (non-hydrogen) atoms. The number of furan rings is 1. The van der Waals surface area contributed by atoms with Gasteiger partial charge in [-0.15, -0.1) is 0 Å². The minimum atomic E-state index is -0.298. The van der Waals surface area contributed by atoms with Gasteiger partial charge in [-0.3, -0.25) is 4.79 Å². The lowest BCUT2D eigenvalue weighted by Crippen LogP contribution is -2.11. The van der Waals surface area contributed by atoms with Gasteiger partial charge >= 0.3 is 0 Å². The highest BCUT2D eigenvalue weighted by atomic mass is 79.9. The van der Waals surface area contributed by atoms with E-state index in [1.807, 2.05) is 25.1 Å². The van der Waals surface area contributed by atoms with Crippen LogP contribution in [0.1, 0.15) is 16.1 Å². The van der Waals surface area contributed by atoms with Gasteiger partial charge in [0, 0.05) is 20.6 Å². The zero-order valence-corrected chi connectivity index (χ0v) is 13.5. The normalized spacial score (nSPS) is 10.8. The first-order valence-corrected chi connectivity index (χ1v) is 7.47. The van der Waals surface area contributed by atoms with Crippen molar-refractivity contribution < 1.29 is 9.21 Å². The van der Waals surface area contributed by atoms with Crippen molar-refractivity contribution in [3.05, 3.63) is 63.3 Å². The second-order valence-electron chi connectivity index (χ2n) is 4.66. The second kappa shape index (κ2) is 5.54. The molecule has 0 unspecified atom stereocenters. The quantitative estimate of drug-likeness (QED) is 0.660. The average Bonchev–Trinajstić information content (AvgIpc) is 2.87. The van der Waals surface area contributed by atoms with Gasteiger partial charge in [0.05, 0.1) is 0 Å². The van der Waals surface area contributed by atoms with Gasteiger partial charge in [0.2, 0.25) is 0 Å². The van der Waals surface area contributed by atoms with E-state index in [4.69, 9.17) is 16.0 Å². The molecule has 0 aliphatic heterocycles. The summed E-state index contributed by atoms with van der Waals surface area (Å²) in [6.07, 6.45) is 0. The maximum absolute atomic E-state index is 12.3. The standard InChI is InChI=1S/C16H11BrClNO2/c1-9-12(18)3-2-4-13(9)19-16(20)15-7-10-5-6-11(17)8-14(10)21-15/h2-8H,1H3,(H,19,20). The minimum absolute atomic E-state index is 0.266. The van der Waals surface area contributed by atoms with E-state index < -0.39 is 0 Å². The Bertz CT molecular complexity index is 841. The summed E-state index contributed by atoms with van der Waals surface area (Å²) in [4.78, 5) is 12.3. The van der Waals surface area contributed by atoms with Crippen molar-refractivity contribution in [2.75, 3.05) is 5.32 Å². The molecule has 0 saturated heterocycles. The third kappa shape index (κ3) is 2.82. The number of hydrogen-bond acceptors (Lipinski definition) is 2. The number of carbonyl (C=O) groups is 1. The number of halogens is 2. The fourth-order valence-electron chi connectivity index (χ4n) is 2.04. The Kier molecular flexibility index (Phi) is 3.74. The predicted octanol–water partition coefficient (Wildman–Crippen LogP) is 5.41. The third-order valence-electron chi connectivity index (χ3n) is 3.22. The van der Waals surface area contributed by atoms with Crippen LogP contribution in [0.25, 0.3) is 11.0 Å². The molecule has 5 heteroatoms. The van der Waals surface area contributed by atoms with Crippen molar-refractivity contribution in [2.24, 2.45) is 0 Å². The molecule has 2 aromatic carbocycles. The van der Waals surface area contributed by atoms with Crippen LogP contribution in [0.5, 0.6) is 0 Å². The lowest BCUT2D eigenvalue weighted by molar-refractivity contribution is 0.0998. The lowest BCUT2D eigenvalue weighted by atomic mass is 10.2. The molecule has 0 saturated carbocycles. The maximum atomic E-state index is 12.3. The summed E-state index contributed by atoms with van der Waals surface area (Å²) >= 11 is 9.42. The number of fused-ring (bicyclic) bond motifs is 1. The molecule has 1 aromatic heterocycles. The van der Waals surface area contributed by atoms with Crippen molar-refractivity contribution >= 4 is 50.1 Å². The zero-order chi connectivity index (χ0) is 15.0. The molecule has 106 valence electrons. The Hall–Kier alpha value is -1.78. The first-order chi connectivity index (χ1) is 10.0. The number of benzene rings is 2. The molecule has 0 radical (unpaired) electrons. The van der Waals surface area contributed by atoms with Crippen LogP contribution in [0.15, 0.2) is 51.4 Å². The molecule has 0 fully saturated rings. The fourth-order valence-corrected chi connectivity index (χ4v) is 2.56. The van der Waals surface area contributed by atoms with Crippen molar-refractivity contribution in [2.45, 2.75) is 6.92 Å². The molecule has 0 spiro atoms. The molecule has 0 aliphatic carbocycles. The number of rotatable bonds is 2. The van der Waals surface area contributed by atoms with Crippen LogP contribution in [0.3, 0.4) is 0 Å². The Balaban J connectivity index is 1.91. The first kappa shape index (κ1) is 14.2. The van der Waals surface area contributed by atoms with Crippen LogP contribution in [0.2, 0.25) is 5.02 Å². The second-order valence-corrected chi connectivity index (χ2v) is 5.98.